The molecule has 24 heavy (non-hydrogen) atoms. The van der Waals surface area contributed by atoms with E-state index in [-0.39, 0.29) is 11.0 Å². The first-order valence-corrected chi connectivity index (χ1v) is 7.79. The number of aromatic amines is 1. The van der Waals surface area contributed by atoms with Crippen LogP contribution in [0.1, 0.15) is 26.3 Å². The summed E-state index contributed by atoms with van der Waals surface area (Å²) in [5.41, 5.74) is 9.14. The lowest BCUT2D eigenvalue weighted by Gasteiger charge is -2.18. The van der Waals surface area contributed by atoms with Gasteiger partial charge in [0.15, 0.2) is 11.5 Å². The normalized spacial score (nSPS) is 11.5. The van der Waals surface area contributed by atoms with Crippen LogP contribution in [0.2, 0.25) is 0 Å². The number of nitrogen functional groups attached to an aromatic ring is 1. The van der Waals surface area contributed by atoms with Crippen LogP contribution in [0.4, 0.5) is 5.69 Å². The molecule has 0 saturated heterocycles. The second kappa shape index (κ2) is 5.92. The van der Waals surface area contributed by atoms with Crippen molar-refractivity contribution < 1.29 is 0 Å². The van der Waals surface area contributed by atoms with Crippen LogP contribution in [0.15, 0.2) is 53.3 Å². The molecule has 122 valence electrons. The molecule has 3 N–H and O–H groups in total. The molecule has 0 amide bonds. The van der Waals surface area contributed by atoms with Gasteiger partial charge in [-0.25, -0.2) is 0 Å². The second-order valence-electron chi connectivity index (χ2n) is 6.77. The third kappa shape index (κ3) is 3.06. The predicted octanol–water partition coefficient (Wildman–Crippen LogP) is 3.38. The largest absolute Gasteiger partial charge is 0.398 e. The molecular formula is C19H20N4O. The molecule has 0 unspecified atom stereocenters. The van der Waals surface area contributed by atoms with Crippen LogP contribution < -0.4 is 11.3 Å². The number of hydrogen-bond acceptors (Lipinski definition) is 4. The Morgan fingerprint density at radius 3 is 2.21 bits per heavy atom. The van der Waals surface area contributed by atoms with E-state index < -0.39 is 0 Å². The number of nitrogens with zero attached hydrogens (tertiary/aromatic N) is 2. The average molecular weight is 320 g/mol. The van der Waals surface area contributed by atoms with Gasteiger partial charge >= 0.3 is 0 Å². The van der Waals surface area contributed by atoms with Gasteiger partial charge in [0.25, 0.3) is 5.56 Å². The van der Waals surface area contributed by atoms with Crippen molar-refractivity contribution in [3.63, 3.8) is 0 Å². The van der Waals surface area contributed by atoms with Gasteiger partial charge in [-0.15, -0.1) is 10.2 Å². The Hall–Kier alpha value is -2.95. The quantitative estimate of drug-likeness (QED) is 0.709. The summed E-state index contributed by atoms with van der Waals surface area (Å²) < 4.78 is 0. The van der Waals surface area contributed by atoms with Crippen LogP contribution >= 0.6 is 0 Å². The summed E-state index contributed by atoms with van der Waals surface area (Å²) in [6.45, 7) is 6.44. The highest BCUT2D eigenvalue weighted by molar-refractivity contribution is 5.71. The first-order chi connectivity index (χ1) is 11.4. The predicted molar refractivity (Wildman–Crippen MR) is 96.6 cm³/mol. The summed E-state index contributed by atoms with van der Waals surface area (Å²) in [4.78, 5) is 15.2. The van der Waals surface area contributed by atoms with Gasteiger partial charge in [-0.05, 0) is 23.1 Å². The van der Waals surface area contributed by atoms with Crippen molar-refractivity contribution in [2.45, 2.75) is 26.2 Å². The maximum absolute atomic E-state index is 12.4. The molecule has 5 nitrogen and oxygen atoms in total. The van der Waals surface area contributed by atoms with E-state index in [4.69, 9.17) is 5.73 Å². The lowest BCUT2D eigenvalue weighted by Crippen LogP contribution is -2.15. The summed E-state index contributed by atoms with van der Waals surface area (Å²) in [6.07, 6.45) is 0. The number of aromatic nitrogens is 3. The van der Waals surface area contributed by atoms with E-state index in [0.717, 1.165) is 5.56 Å². The summed E-state index contributed by atoms with van der Waals surface area (Å²) >= 11 is 0. The van der Waals surface area contributed by atoms with Gasteiger partial charge in [0.05, 0.1) is 0 Å². The fraction of sp³-hybridized carbons (Fsp3) is 0.211. The highest BCUT2D eigenvalue weighted by Crippen LogP contribution is 2.25. The minimum atomic E-state index is -0.285. The Morgan fingerprint density at radius 1 is 0.958 bits per heavy atom. The molecule has 0 aliphatic carbocycles. The van der Waals surface area contributed by atoms with Crippen molar-refractivity contribution in [3.05, 3.63) is 64.4 Å². The van der Waals surface area contributed by atoms with Crippen molar-refractivity contribution in [2.24, 2.45) is 0 Å². The first kappa shape index (κ1) is 15.9. The fourth-order valence-electron chi connectivity index (χ4n) is 2.49. The van der Waals surface area contributed by atoms with Gasteiger partial charge in [-0.2, -0.15) is 0 Å². The number of para-hydroxylation sites is 1. The topological polar surface area (TPSA) is 84.7 Å². The molecule has 1 heterocycles. The Labute approximate surface area is 140 Å². The number of nitrogens with two attached hydrogens (primary N) is 1. The Kier molecular flexibility index (Phi) is 3.93. The number of rotatable bonds is 2. The highest BCUT2D eigenvalue weighted by atomic mass is 16.1. The van der Waals surface area contributed by atoms with Crippen molar-refractivity contribution in [1.29, 1.82) is 0 Å². The zero-order valence-electron chi connectivity index (χ0n) is 14.0. The molecule has 0 fully saturated rings. The molecule has 0 bridgehead atoms. The molecule has 0 spiro atoms. The molecular weight excluding hydrogens is 300 g/mol. The Balaban J connectivity index is 1.99. The SMILES string of the molecule is CC(C)(C)c1ccc(-c2nnc(-c3ccccc3N)[nH]c2=O)cc1. The van der Waals surface area contributed by atoms with E-state index in [1.807, 2.05) is 36.4 Å². The van der Waals surface area contributed by atoms with E-state index >= 15 is 0 Å². The van der Waals surface area contributed by atoms with Crippen LogP contribution in [-0.2, 0) is 5.41 Å². The highest BCUT2D eigenvalue weighted by Gasteiger charge is 2.15. The monoisotopic (exact) mass is 320 g/mol. The number of benzene rings is 2. The third-order valence-electron chi connectivity index (χ3n) is 3.94. The molecule has 0 aliphatic heterocycles. The summed E-state index contributed by atoms with van der Waals surface area (Å²) in [7, 11) is 0. The van der Waals surface area contributed by atoms with E-state index in [9.17, 15) is 4.79 Å². The van der Waals surface area contributed by atoms with Crippen LogP contribution in [0.3, 0.4) is 0 Å². The molecule has 0 radical (unpaired) electrons. The maximum Gasteiger partial charge on any atom is 0.278 e. The molecule has 3 aromatic rings. The zero-order valence-corrected chi connectivity index (χ0v) is 14.0. The van der Waals surface area contributed by atoms with E-state index in [1.165, 1.54) is 5.56 Å². The van der Waals surface area contributed by atoms with Crippen LogP contribution in [0.5, 0.6) is 0 Å². The lowest BCUT2D eigenvalue weighted by molar-refractivity contribution is 0.590. The smallest absolute Gasteiger partial charge is 0.278 e. The molecule has 1 aromatic heterocycles. The lowest BCUT2D eigenvalue weighted by atomic mass is 9.86. The average Bonchev–Trinajstić information content (AvgIpc) is 2.54. The van der Waals surface area contributed by atoms with Crippen LogP contribution in [-0.4, -0.2) is 15.2 Å². The molecule has 0 atom stereocenters. The zero-order chi connectivity index (χ0) is 17.3. The maximum atomic E-state index is 12.4. The van der Waals surface area contributed by atoms with Crippen LogP contribution in [0, 0.1) is 0 Å². The summed E-state index contributed by atoms with van der Waals surface area (Å²) in [5.74, 6) is 0.369. The minimum Gasteiger partial charge on any atom is -0.398 e. The van der Waals surface area contributed by atoms with Gasteiger partial charge in [0.1, 0.15) is 0 Å². The standard InChI is InChI=1S/C19H20N4O/c1-19(2,3)13-10-8-12(9-11-13)16-18(24)21-17(23-22-16)14-6-4-5-7-15(14)20/h4-11H,20H2,1-3H3,(H,21,23,24). The second-order valence-corrected chi connectivity index (χ2v) is 6.77. The molecule has 2 aromatic carbocycles. The van der Waals surface area contributed by atoms with E-state index in [2.05, 4.69) is 36.0 Å². The van der Waals surface area contributed by atoms with E-state index in [0.29, 0.717) is 22.8 Å². The van der Waals surface area contributed by atoms with Crippen LogP contribution in [0.25, 0.3) is 22.6 Å². The van der Waals surface area contributed by atoms with Crippen molar-refractivity contribution in [2.75, 3.05) is 5.73 Å². The number of nitrogens with one attached hydrogen (secondary N) is 1. The van der Waals surface area contributed by atoms with Crippen molar-refractivity contribution in [1.82, 2.24) is 15.2 Å². The van der Waals surface area contributed by atoms with E-state index in [1.54, 1.807) is 12.1 Å². The van der Waals surface area contributed by atoms with Gasteiger partial charge in [-0.3, -0.25) is 4.79 Å². The van der Waals surface area contributed by atoms with Crippen molar-refractivity contribution >= 4 is 5.69 Å². The molecule has 3 rings (SSSR count). The van der Waals surface area contributed by atoms with Crippen molar-refractivity contribution in [3.8, 4) is 22.6 Å². The molecule has 5 heteroatoms. The Bertz CT molecular complexity index is 921. The Morgan fingerprint density at radius 2 is 1.62 bits per heavy atom. The minimum absolute atomic E-state index is 0.0608. The third-order valence-corrected chi connectivity index (χ3v) is 3.94. The first-order valence-electron chi connectivity index (χ1n) is 7.79. The van der Waals surface area contributed by atoms with Gasteiger partial charge in [0, 0.05) is 16.8 Å². The molecule has 0 aliphatic rings. The summed E-state index contributed by atoms with van der Waals surface area (Å²) in [5, 5.41) is 8.24. The molecule has 0 saturated carbocycles. The number of hydrogen-bond donors (Lipinski definition) is 2. The summed E-state index contributed by atoms with van der Waals surface area (Å²) in [6, 6.07) is 15.0. The number of H-pyrrole nitrogens is 1. The van der Waals surface area contributed by atoms with Gasteiger partial charge < -0.3 is 10.7 Å². The fourth-order valence-corrected chi connectivity index (χ4v) is 2.49. The van der Waals surface area contributed by atoms with Gasteiger partial charge in [0.2, 0.25) is 0 Å². The van der Waals surface area contributed by atoms with Gasteiger partial charge in [-0.1, -0.05) is 57.2 Å². The number of anilines is 1.